The molecule has 108 valence electrons. The van der Waals surface area contributed by atoms with Crippen molar-refractivity contribution in [2.24, 2.45) is 0 Å². The molecular weight excluding hydrogens is 278 g/mol. The van der Waals surface area contributed by atoms with Gasteiger partial charge in [-0.15, -0.1) is 0 Å². The zero-order chi connectivity index (χ0) is 14.9. The zero-order valence-electron chi connectivity index (χ0n) is 12.4. The molecule has 19 heavy (non-hydrogen) atoms. The zero-order valence-corrected chi connectivity index (χ0v) is 14.3. The van der Waals surface area contributed by atoms with Crippen LogP contribution in [0.5, 0.6) is 5.75 Å². The van der Waals surface area contributed by atoms with Crippen LogP contribution in [0.4, 0.5) is 0 Å². The molecule has 0 spiro atoms. The average molecular weight is 301 g/mol. The first kappa shape index (κ1) is 16.2. The highest BCUT2D eigenvalue weighted by molar-refractivity contribution is 7.89. The van der Waals surface area contributed by atoms with E-state index >= 15 is 0 Å². The second-order valence-corrected chi connectivity index (χ2v) is 12.7. The van der Waals surface area contributed by atoms with Gasteiger partial charge in [0.05, 0.1) is 4.90 Å². The largest absolute Gasteiger partial charge is 0.543 e. The van der Waals surface area contributed by atoms with Gasteiger partial charge < -0.3 is 4.43 Å². The van der Waals surface area contributed by atoms with Crippen molar-refractivity contribution in [2.75, 3.05) is 7.05 Å². The number of rotatable bonds is 4. The number of benzene rings is 1. The highest BCUT2D eigenvalue weighted by Gasteiger charge is 2.39. The lowest BCUT2D eigenvalue weighted by Crippen LogP contribution is -2.43. The Morgan fingerprint density at radius 2 is 1.79 bits per heavy atom. The standard InChI is InChI=1S/C13H23NO3SSi/c1-13(2,3)19(5,6)17-11-8-7-9-12(10-11)18(15,16)14-4/h7-10,14H,1-6H3. The molecule has 1 N–H and O–H groups in total. The summed E-state index contributed by atoms with van der Waals surface area (Å²) >= 11 is 0. The molecule has 1 aromatic carbocycles. The van der Waals surface area contributed by atoms with E-state index in [-0.39, 0.29) is 9.93 Å². The van der Waals surface area contributed by atoms with Gasteiger partial charge in [-0.1, -0.05) is 26.8 Å². The maximum atomic E-state index is 11.8. The molecule has 0 aliphatic carbocycles. The fourth-order valence-electron chi connectivity index (χ4n) is 1.27. The molecule has 0 atom stereocenters. The van der Waals surface area contributed by atoms with Crippen molar-refractivity contribution in [3.8, 4) is 5.75 Å². The van der Waals surface area contributed by atoms with Crippen LogP contribution in [0.15, 0.2) is 29.2 Å². The summed E-state index contributed by atoms with van der Waals surface area (Å²) in [5.74, 6) is 0.614. The van der Waals surface area contributed by atoms with E-state index in [9.17, 15) is 8.42 Å². The molecule has 0 aliphatic heterocycles. The van der Waals surface area contributed by atoms with Gasteiger partial charge in [0, 0.05) is 0 Å². The van der Waals surface area contributed by atoms with E-state index in [1.54, 1.807) is 24.3 Å². The normalized spacial score (nSPS) is 13.4. The van der Waals surface area contributed by atoms with Crippen molar-refractivity contribution in [3.63, 3.8) is 0 Å². The van der Waals surface area contributed by atoms with Crippen LogP contribution < -0.4 is 9.15 Å². The third kappa shape index (κ3) is 3.81. The Bertz CT molecular complexity index is 547. The van der Waals surface area contributed by atoms with Crippen LogP contribution in [0.1, 0.15) is 20.8 Å². The Balaban J connectivity index is 3.09. The molecule has 0 saturated heterocycles. The van der Waals surface area contributed by atoms with Crippen molar-refractivity contribution in [1.82, 2.24) is 4.72 Å². The number of hydrogen-bond acceptors (Lipinski definition) is 3. The van der Waals surface area contributed by atoms with Gasteiger partial charge in [0.1, 0.15) is 5.75 Å². The average Bonchev–Trinajstić information content (AvgIpc) is 2.27. The Morgan fingerprint density at radius 3 is 2.26 bits per heavy atom. The van der Waals surface area contributed by atoms with Gasteiger partial charge in [0.25, 0.3) is 0 Å². The quantitative estimate of drug-likeness (QED) is 0.870. The van der Waals surface area contributed by atoms with Gasteiger partial charge in [-0.05, 0) is 43.4 Å². The summed E-state index contributed by atoms with van der Waals surface area (Å²) in [6, 6.07) is 6.64. The highest BCUT2D eigenvalue weighted by Crippen LogP contribution is 2.37. The minimum atomic E-state index is -3.43. The van der Waals surface area contributed by atoms with E-state index in [0.29, 0.717) is 5.75 Å². The van der Waals surface area contributed by atoms with E-state index in [2.05, 4.69) is 38.6 Å². The van der Waals surface area contributed by atoms with Crippen molar-refractivity contribution < 1.29 is 12.8 Å². The fourth-order valence-corrected chi connectivity index (χ4v) is 3.06. The Kier molecular flexibility index (Phi) is 4.49. The van der Waals surface area contributed by atoms with E-state index in [4.69, 9.17) is 4.43 Å². The third-order valence-electron chi connectivity index (χ3n) is 3.56. The lowest BCUT2D eigenvalue weighted by molar-refractivity contribution is 0.490. The molecule has 0 aliphatic rings. The van der Waals surface area contributed by atoms with Crippen LogP contribution in [0.2, 0.25) is 18.1 Å². The summed E-state index contributed by atoms with van der Waals surface area (Å²) in [6.07, 6.45) is 0. The first-order valence-electron chi connectivity index (χ1n) is 6.22. The number of hydrogen-bond donors (Lipinski definition) is 1. The lowest BCUT2D eigenvalue weighted by atomic mass is 10.2. The molecule has 0 fully saturated rings. The molecule has 0 aromatic heterocycles. The van der Waals surface area contributed by atoms with Crippen molar-refractivity contribution >= 4 is 18.3 Å². The van der Waals surface area contributed by atoms with Gasteiger partial charge >= 0.3 is 0 Å². The SMILES string of the molecule is CNS(=O)(=O)c1cccc(O[Si](C)(C)C(C)(C)C)c1. The summed E-state index contributed by atoms with van der Waals surface area (Å²) in [6.45, 7) is 10.7. The first-order chi connectivity index (χ1) is 8.49. The molecule has 0 amide bonds. The molecule has 0 saturated carbocycles. The monoisotopic (exact) mass is 301 g/mol. The number of sulfonamides is 1. The molecule has 0 unspecified atom stereocenters. The maximum Gasteiger partial charge on any atom is 0.250 e. The molecule has 0 radical (unpaired) electrons. The topological polar surface area (TPSA) is 55.4 Å². The smallest absolute Gasteiger partial charge is 0.250 e. The van der Waals surface area contributed by atoms with Crippen LogP contribution in [-0.4, -0.2) is 23.8 Å². The van der Waals surface area contributed by atoms with Crippen molar-refractivity contribution in [3.05, 3.63) is 24.3 Å². The third-order valence-corrected chi connectivity index (χ3v) is 9.33. The molecule has 0 bridgehead atoms. The maximum absolute atomic E-state index is 11.8. The summed E-state index contributed by atoms with van der Waals surface area (Å²) in [7, 11) is -3.98. The Morgan fingerprint density at radius 1 is 1.21 bits per heavy atom. The summed E-state index contributed by atoms with van der Waals surface area (Å²) < 4.78 is 31.9. The van der Waals surface area contributed by atoms with Crippen LogP contribution >= 0.6 is 0 Å². The van der Waals surface area contributed by atoms with Gasteiger partial charge in [-0.2, -0.15) is 0 Å². The molecule has 4 nitrogen and oxygen atoms in total. The van der Waals surface area contributed by atoms with E-state index in [1.165, 1.54) is 7.05 Å². The second kappa shape index (κ2) is 5.26. The van der Waals surface area contributed by atoms with E-state index in [0.717, 1.165) is 0 Å². The summed E-state index contributed by atoms with van der Waals surface area (Å²) in [5, 5.41) is 0.0743. The van der Waals surface area contributed by atoms with Crippen LogP contribution in [0.25, 0.3) is 0 Å². The summed E-state index contributed by atoms with van der Waals surface area (Å²) in [5.41, 5.74) is 0. The van der Waals surface area contributed by atoms with Gasteiger partial charge in [0.2, 0.25) is 18.3 Å². The lowest BCUT2D eigenvalue weighted by Gasteiger charge is -2.36. The van der Waals surface area contributed by atoms with Crippen LogP contribution in [0.3, 0.4) is 0 Å². The highest BCUT2D eigenvalue weighted by atomic mass is 32.2. The molecular formula is C13H23NO3SSi. The molecule has 1 rings (SSSR count). The van der Waals surface area contributed by atoms with Gasteiger partial charge in [-0.25, -0.2) is 13.1 Å². The van der Waals surface area contributed by atoms with Gasteiger partial charge in [-0.3, -0.25) is 0 Å². The van der Waals surface area contributed by atoms with Crippen LogP contribution in [-0.2, 0) is 10.0 Å². The van der Waals surface area contributed by atoms with Gasteiger partial charge in [0.15, 0.2) is 0 Å². The first-order valence-corrected chi connectivity index (χ1v) is 10.6. The number of nitrogens with one attached hydrogen (secondary N) is 1. The second-order valence-electron chi connectivity index (χ2n) is 6.04. The predicted molar refractivity (Wildman–Crippen MR) is 80.5 cm³/mol. The summed E-state index contributed by atoms with van der Waals surface area (Å²) in [4.78, 5) is 0.228. The van der Waals surface area contributed by atoms with Crippen molar-refractivity contribution in [2.45, 2.75) is 43.8 Å². The van der Waals surface area contributed by atoms with E-state index in [1.807, 2.05) is 0 Å². The molecule has 0 heterocycles. The Labute approximate surface area is 117 Å². The predicted octanol–water partition coefficient (Wildman–Crippen LogP) is 2.98. The minimum Gasteiger partial charge on any atom is -0.543 e. The van der Waals surface area contributed by atoms with Crippen molar-refractivity contribution in [1.29, 1.82) is 0 Å². The molecule has 1 aromatic rings. The molecule has 6 heteroatoms. The van der Waals surface area contributed by atoms with Crippen LogP contribution in [0, 0.1) is 0 Å². The minimum absolute atomic E-state index is 0.0743. The fraction of sp³-hybridized carbons (Fsp3) is 0.538. The van der Waals surface area contributed by atoms with E-state index < -0.39 is 18.3 Å². The Hall–Kier alpha value is -0.853.